The number of hydrogen-bond donors (Lipinski definition) is 1. The number of hydrogen-bond acceptors (Lipinski definition) is 3. The summed E-state index contributed by atoms with van der Waals surface area (Å²) in [5.41, 5.74) is -0.106. The van der Waals surface area contributed by atoms with Gasteiger partial charge in [0, 0.05) is 5.41 Å². The summed E-state index contributed by atoms with van der Waals surface area (Å²) in [6.45, 7) is 0.496. The minimum absolute atomic E-state index is 0.0361. The van der Waals surface area contributed by atoms with Gasteiger partial charge in [-0.25, -0.2) is 0 Å². The predicted octanol–water partition coefficient (Wildman–Crippen LogP) is 1.08. The van der Waals surface area contributed by atoms with E-state index >= 15 is 0 Å². The van der Waals surface area contributed by atoms with Gasteiger partial charge in [0.1, 0.15) is 0 Å². The van der Waals surface area contributed by atoms with E-state index in [9.17, 15) is 9.90 Å². The second-order valence-corrected chi connectivity index (χ2v) is 5.81. The molecule has 14 heavy (non-hydrogen) atoms. The molecule has 0 unspecified atom stereocenters. The van der Waals surface area contributed by atoms with Gasteiger partial charge < -0.3 is 9.84 Å². The molecule has 0 aromatic rings. The van der Waals surface area contributed by atoms with Gasteiger partial charge in [0.05, 0.1) is 23.5 Å². The number of aliphatic hydroxyl groups is 1. The zero-order chi connectivity index (χ0) is 9.92. The van der Waals surface area contributed by atoms with Crippen molar-refractivity contribution in [2.24, 2.45) is 17.3 Å². The van der Waals surface area contributed by atoms with Gasteiger partial charge >= 0.3 is 5.97 Å². The maximum atomic E-state index is 11.5. The molecule has 4 aliphatic rings. The first-order valence-electron chi connectivity index (χ1n) is 5.14. The molecule has 2 bridgehead atoms. The van der Waals surface area contributed by atoms with E-state index in [4.69, 9.17) is 4.74 Å². The molecule has 1 saturated heterocycles. The van der Waals surface area contributed by atoms with Crippen LogP contribution in [-0.2, 0) is 9.53 Å². The summed E-state index contributed by atoms with van der Waals surface area (Å²) >= 11 is 3.55. The minimum atomic E-state index is -0.297. The second kappa shape index (κ2) is 2.73. The molecule has 78 valence electrons. The van der Waals surface area contributed by atoms with Crippen molar-refractivity contribution in [3.63, 3.8) is 0 Å². The molecule has 3 nitrogen and oxygen atoms in total. The van der Waals surface area contributed by atoms with Crippen LogP contribution in [0.2, 0.25) is 0 Å². The highest BCUT2D eigenvalue weighted by atomic mass is 79.9. The van der Waals surface area contributed by atoms with E-state index in [0.29, 0.717) is 6.61 Å². The van der Waals surface area contributed by atoms with Crippen molar-refractivity contribution in [3.8, 4) is 0 Å². The van der Waals surface area contributed by atoms with Crippen LogP contribution in [0.4, 0.5) is 0 Å². The summed E-state index contributed by atoms with van der Waals surface area (Å²) in [4.78, 5) is 11.6. The molecule has 1 N–H and O–H groups in total. The van der Waals surface area contributed by atoms with E-state index in [1.807, 2.05) is 0 Å². The predicted molar refractivity (Wildman–Crippen MR) is 52.9 cm³/mol. The Morgan fingerprint density at radius 2 is 2.36 bits per heavy atom. The van der Waals surface area contributed by atoms with Crippen LogP contribution < -0.4 is 0 Å². The molecular formula is C10H13BrO3. The van der Waals surface area contributed by atoms with Crippen molar-refractivity contribution >= 4 is 21.9 Å². The standard InChI is InChI=1S/C10H13BrO3/c11-8-7(12)5-1-2-10(8)4-14-9(13)6(10)3-5/h5-8,12H,1-4H2/t5-,6+,7-,8-,10-/m0/s1. The van der Waals surface area contributed by atoms with Crippen LogP contribution >= 0.6 is 15.9 Å². The van der Waals surface area contributed by atoms with Gasteiger partial charge in [-0.15, -0.1) is 0 Å². The third-order valence-electron chi connectivity index (χ3n) is 4.31. The molecule has 1 heterocycles. The molecule has 0 radical (unpaired) electrons. The number of carbonyl (C=O) groups excluding carboxylic acids is 1. The highest BCUT2D eigenvalue weighted by molar-refractivity contribution is 9.09. The lowest BCUT2D eigenvalue weighted by molar-refractivity contribution is -0.143. The second-order valence-electron chi connectivity index (χ2n) is 4.82. The van der Waals surface area contributed by atoms with Gasteiger partial charge in [0.2, 0.25) is 0 Å². The summed E-state index contributed by atoms with van der Waals surface area (Å²) in [6.07, 6.45) is 2.58. The summed E-state index contributed by atoms with van der Waals surface area (Å²) < 4.78 is 5.16. The molecule has 0 amide bonds. The summed E-state index contributed by atoms with van der Waals surface area (Å²) in [7, 11) is 0. The van der Waals surface area contributed by atoms with Crippen molar-refractivity contribution in [1.82, 2.24) is 0 Å². The fraction of sp³-hybridized carbons (Fsp3) is 0.900. The van der Waals surface area contributed by atoms with Gasteiger partial charge in [-0.05, 0) is 25.2 Å². The summed E-state index contributed by atoms with van der Waals surface area (Å²) in [6, 6.07) is 0. The highest BCUT2D eigenvalue weighted by Gasteiger charge is 2.63. The first-order valence-corrected chi connectivity index (χ1v) is 6.05. The van der Waals surface area contributed by atoms with Crippen molar-refractivity contribution in [2.75, 3.05) is 6.61 Å². The topological polar surface area (TPSA) is 46.5 Å². The lowest BCUT2D eigenvalue weighted by Gasteiger charge is -2.52. The molecule has 4 heteroatoms. The van der Waals surface area contributed by atoms with Gasteiger partial charge in [-0.1, -0.05) is 15.9 Å². The van der Waals surface area contributed by atoms with Crippen LogP contribution in [0.1, 0.15) is 19.3 Å². The number of rotatable bonds is 0. The number of carbonyl (C=O) groups is 1. The average molecular weight is 261 g/mol. The number of halogens is 1. The van der Waals surface area contributed by atoms with E-state index in [2.05, 4.69) is 15.9 Å². The zero-order valence-corrected chi connectivity index (χ0v) is 9.37. The molecule has 1 spiro atoms. The Kier molecular flexibility index (Phi) is 1.78. The molecule has 3 aliphatic carbocycles. The number of ether oxygens (including phenoxy) is 1. The van der Waals surface area contributed by atoms with E-state index in [0.717, 1.165) is 19.3 Å². The zero-order valence-electron chi connectivity index (χ0n) is 7.78. The highest BCUT2D eigenvalue weighted by Crippen LogP contribution is 2.59. The van der Waals surface area contributed by atoms with Crippen LogP contribution in [0.25, 0.3) is 0 Å². The third-order valence-corrected chi connectivity index (χ3v) is 5.77. The van der Waals surface area contributed by atoms with Crippen molar-refractivity contribution in [1.29, 1.82) is 0 Å². The first-order chi connectivity index (χ1) is 6.65. The van der Waals surface area contributed by atoms with Gasteiger partial charge in [0.15, 0.2) is 0 Å². The Hall–Kier alpha value is -0.0900. The largest absolute Gasteiger partial charge is 0.465 e. The SMILES string of the molecule is O=C1OC[C@@]23CC[C@@H](C[C@H]12)[C@H](O)[C@@H]3Br. The van der Waals surface area contributed by atoms with Gasteiger partial charge in [-0.2, -0.15) is 0 Å². The lowest BCUT2D eigenvalue weighted by atomic mass is 9.55. The average Bonchev–Trinajstić information content (AvgIpc) is 2.54. The minimum Gasteiger partial charge on any atom is -0.465 e. The van der Waals surface area contributed by atoms with E-state index in [1.165, 1.54) is 0 Å². The summed E-state index contributed by atoms with van der Waals surface area (Å²) in [5.74, 6) is 0.275. The van der Waals surface area contributed by atoms with Crippen LogP contribution in [0.5, 0.6) is 0 Å². The van der Waals surface area contributed by atoms with Crippen molar-refractivity contribution in [3.05, 3.63) is 0 Å². The van der Waals surface area contributed by atoms with E-state index in [1.54, 1.807) is 0 Å². The Morgan fingerprint density at radius 1 is 1.57 bits per heavy atom. The number of esters is 1. The molecule has 3 saturated carbocycles. The fourth-order valence-electron chi connectivity index (χ4n) is 3.39. The molecular weight excluding hydrogens is 248 g/mol. The normalized spacial score (nSPS) is 55.7. The van der Waals surface area contributed by atoms with Crippen LogP contribution in [-0.4, -0.2) is 28.6 Å². The maximum Gasteiger partial charge on any atom is 0.309 e. The summed E-state index contributed by atoms with van der Waals surface area (Å²) in [5, 5.41) is 9.98. The van der Waals surface area contributed by atoms with Crippen LogP contribution in [0.3, 0.4) is 0 Å². The van der Waals surface area contributed by atoms with Crippen LogP contribution in [0, 0.1) is 17.3 Å². The molecule has 4 rings (SSSR count). The maximum absolute atomic E-state index is 11.5. The van der Waals surface area contributed by atoms with E-state index < -0.39 is 0 Å². The molecule has 0 aromatic carbocycles. The number of fused-ring (bicyclic) bond motifs is 2. The fourth-order valence-corrected chi connectivity index (χ4v) is 4.50. The molecule has 4 fully saturated rings. The van der Waals surface area contributed by atoms with Gasteiger partial charge in [-0.3, -0.25) is 4.79 Å². The van der Waals surface area contributed by atoms with E-state index in [-0.39, 0.29) is 34.2 Å². The smallest absolute Gasteiger partial charge is 0.309 e. The Labute approximate surface area is 90.9 Å². The first kappa shape index (κ1) is 9.16. The quantitative estimate of drug-likeness (QED) is 0.524. The molecule has 5 atom stereocenters. The Morgan fingerprint density at radius 3 is 3.14 bits per heavy atom. The number of aliphatic hydroxyl groups excluding tert-OH is 1. The molecule has 0 aromatic heterocycles. The lowest BCUT2D eigenvalue weighted by Crippen LogP contribution is -2.57. The number of alkyl halides is 1. The monoisotopic (exact) mass is 260 g/mol. The van der Waals surface area contributed by atoms with Crippen LogP contribution in [0.15, 0.2) is 0 Å². The number of cyclic esters (lactones) is 1. The Bertz CT molecular complexity index is 293. The van der Waals surface area contributed by atoms with Crippen molar-refractivity contribution < 1.29 is 14.6 Å². The Balaban J connectivity index is 2.03. The molecule has 1 aliphatic heterocycles. The third kappa shape index (κ3) is 0.890. The van der Waals surface area contributed by atoms with Gasteiger partial charge in [0.25, 0.3) is 0 Å². The van der Waals surface area contributed by atoms with Crippen molar-refractivity contribution in [2.45, 2.75) is 30.2 Å².